The number of nitrogen functional groups attached to an aromatic ring is 1. The van der Waals surface area contributed by atoms with E-state index in [1.807, 2.05) is 10.9 Å². The largest absolute Gasteiger partial charge is 0.394 e. The van der Waals surface area contributed by atoms with E-state index >= 15 is 0 Å². The zero-order valence-corrected chi connectivity index (χ0v) is 12.0. The molecule has 1 saturated carbocycles. The second-order valence-electron chi connectivity index (χ2n) is 4.63. The zero-order chi connectivity index (χ0) is 10.8. The van der Waals surface area contributed by atoms with Gasteiger partial charge in [-0.15, -0.1) is 24.8 Å². The zero-order valence-electron chi connectivity index (χ0n) is 10.3. The van der Waals surface area contributed by atoms with Crippen LogP contribution in [-0.2, 0) is 0 Å². The summed E-state index contributed by atoms with van der Waals surface area (Å²) in [4.78, 5) is 0. The number of aromatic nitrogens is 2. The highest BCUT2D eigenvalue weighted by Crippen LogP contribution is 2.25. The van der Waals surface area contributed by atoms with E-state index in [-0.39, 0.29) is 24.8 Å². The van der Waals surface area contributed by atoms with Gasteiger partial charge in [0.05, 0.1) is 11.9 Å². The lowest BCUT2D eigenvalue weighted by molar-refractivity contribution is 0.533. The SMILES string of the molecule is CC(C)n1cc(N)c(NC2CCCC2)n1.Cl.Cl. The average molecular weight is 281 g/mol. The predicted molar refractivity (Wildman–Crippen MR) is 77.4 cm³/mol. The number of hydrogen-bond acceptors (Lipinski definition) is 3. The van der Waals surface area contributed by atoms with Gasteiger partial charge >= 0.3 is 0 Å². The monoisotopic (exact) mass is 280 g/mol. The van der Waals surface area contributed by atoms with E-state index in [1.54, 1.807) is 0 Å². The third-order valence-electron chi connectivity index (χ3n) is 2.99. The van der Waals surface area contributed by atoms with Crippen molar-refractivity contribution < 1.29 is 0 Å². The molecule has 1 fully saturated rings. The van der Waals surface area contributed by atoms with Crippen molar-refractivity contribution in [2.24, 2.45) is 0 Å². The first kappa shape index (κ1) is 16.4. The van der Waals surface area contributed by atoms with Crippen LogP contribution in [0.4, 0.5) is 11.5 Å². The Morgan fingerprint density at radius 3 is 2.41 bits per heavy atom. The van der Waals surface area contributed by atoms with Gasteiger partial charge in [-0.2, -0.15) is 5.10 Å². The van der Waals surface area contributed by atoms with Crippen LogP contribution in [0.1, 0.15) is 45.6 Å². The van der Waals surface area contributed by atoms with E-state index < -0.39 is 0 Å². The van der Waals surface area contributed by atoms with E-state index in [0.29, 0.717) is 12.1 Å². The number of halogens is 2. The molecule has 0 radical (unpaired) electrons. The van der Waals surface area contributed by atoms with Crippen molar-refractivity contribution in [2.75, 3.05) is 11.1 Å². The van der Waals surface area contributed by atoms with Gasteiger partial charge in [0.2, 0.25) is 0 Å². The molecule has 0 atom stereocenters. The Labute approximate surface area is 115 Å². The molecule has 1 heterocycles. The Morgan fingerprint density at radius 1 is 1.35 bits per heavy atom. The molecule has 1 aliphatic carbocycles. The lowest BCUT2D eigenvalue weighted by atomic mass is 10.2. The highest BCUT2D eigenvalue weighted by molar-refractivity contribution is 5.85. The summed E-state index contributed by atoms with van der Waals surface area (Å²) < 4.78 is 1.91. The molecule has 0 spiro atoms. The van der Waals surface area contributed by atoms with Crippen LogP contribution in [-0.4, -0.2) is 15.8 Å². The summed E-state index contributed by atoms with van der Waals surface area (Å²) in [5, 5.41) is 7.88. The third kappa shape index (κ3) is 3.96. The van der Waals surface area contributed by atoms with Gasteiger partial charge in [0.25, 0.3) is 0 Å². The smallest absolute Gasteiger partial charge is 0.171 e. The fourth-order valence-corrected chi connectivity index (χ4v) is 2.05. The van der Waals surface area contributed by atoms with Crippen LogP contribution in [0.2, 0.25) is 0 Å². The summed E-state index contributed by atoms with van der Waals surface area (Å²) >= 11 is 0. The van der Waals surface area contributed by atoms with E-state index in [9.17, 15) is 0 Å². The summed E-state index contributed by atoms with van der Waals surface area (Å²) in [6, 6.07) is 0.939. The number of nitrogens with zero attached hydrogens (tertiary/aromatic N) is 2. The van der Waals surface area contributed by atoms with Crippen LogP contribution < -0.4 is 11.1 Å². The van der Waals surface area contributed by atoms with Crippen molar-refractivity contribution in [2.45, 2.75) is 51.6 Å². The maximum absolute atomic E-state index is 5.91. The summed E-state index contributed by atoms with van der Waals surface area (Å²) in [6.07, 6.45) is 7.04. The van der Waals surface area contributed by atoms with Gasteiger partial charge in [0.15, 0.2) is 5.82 Å². The van der Waals surface area contributed by atoms with Gasteiger partial charge in [-0.05, 0) is 26.7 Å². The molecular formula is C11H22Cl2N4. The lowest BCUT2D eigenvalue weighted by Gasteiger charge is -2.11. The minimum absolute atomic E-state index is 0. The predicted octanol–water partition coefficient (Wildman–Crippen LogP) is 3.24. The molecule has 4 nitrogen and oxygen atoms in total. The molecule has 3 N–H and O–H groups in total. The summed E-state index contributed by atoms with van der Waals surface area (Å²) in [6.45, 7) is 4.21. The van der Waals surface area contributed by atoms with Crippen LogP contribution in [0.5, 0.6) is 0 Å². The lowest BCUT2D eigenvalue weighted by Crippen LogP contribution is -2.16. The molecule has 17 heavy (non-hydrogen) atoms. The molecule has 1 aromatic rings. The molecule has 0 aliphatic heterocycles. The van der Waals surface area contributed by atoms with Gasteiger partial charge < -0.3 is 11.1 Å². The van der Waals surface area contributed by atoms with Gasteiger partial charge in [0.1, 0.15) is 0 Å². The van der Waals surface area contributed by atoms with Crippen molar-refractivity contribution in [3.8, 4) is 0 Å². The number of nitrogens with two attached hydrogens (primary N) is 1. The van der Waals surface area contributed by atoms with Crippen LogP contribution in [0.3, 0.4) is 0 Å². The van der Waals surface area contributed by atoms with Crippen LogP contribution in [0.25, 0.3) is 0 Å². The summed E-state index contributed by atoms with van der Waals surface area (Å²) in [5.41, 5.74) is 6.67. The summed E-state index contributed by atoms with van der Waals surface area (Å²) in [7, 11) is 0. The first-order valence-electron chi connectivity index (χ1n) is 5.78. The Kier molecular flexibility index (Phi) is 6.72. The summed E-state index contributed by atoms with van der Waals surface area (Å²) in [5.74, 6) is 0.857. The van der Waals surface area contributed by atoms with Gasteiger partial charge in [-0.1, -0.05) is 12.8 Å². The molecule has 0 amide bonds. The van der Waals surface area contributed by atoms with Crippen LogP contribution in [0, 0.1) is 0 Å². The third-order valence-corrected chi connectivity index (χ3v) is 2.99. The van der Waals surface area contributed by atoms with E-state index in [1.165, 1.54) is 25.7 Å². The fraction of sp³-hybridized carbons (Fsp3) is 0.727. The molecule has 100 valence electrons. The van der Waals surface area contributed by atoms with E-state index in [4.69, 9.17) is 5.73 Å². The maximum Gasteiger partial charge on any atom is 0.171 e. The Hall–Kier alpha value is -0.610. The number of hydrogen-bond donors (Lipinski definition) is 2. The Morgan fingerprint density at radius 2 is 1.94 bits per heavy atom. The van der Waals surface area contributed by atoms with E-state index in [0.717, 1.165) is 11.5 Å². The first-order chi connectivity index (χ1) is 7.16. The normalized spacial score (nSPS) is 15.5. The van der Waals surface area contributed by atoms with Crippen molar-refractivity contribution in [1.82, 2.24) is 9.78 Å². The molecule has 2 rings (SSSR count). The molecule has 0 aromatic carbocycles. The molecule has 1 aliphatic rings. The fourth-order valence-electron chi connectivity index (χ4n) is 2.05. The number of rotatable bonds is 3. The van der Waals surface area contributed by atoms with E-state index in [2.05, 4.69) is 24.3 Å². The molecule has 0 unspecified atom stereocenters. The molecule has 0 bridgehead atoms. The molecule has 0 saturated heterocycles. The van der Waals surface area contributed by atoms with Gasteiger partial charge in [-0.3, -0.25) is 4.68 Å². The molecule has 1 aromatic heterocycles. The van der Waals surface area contributed by atoms with Gasteiger partial charge in [0, 0.05) is 12.1 Å². The number of anilines is 2. The highest BCUT2D eigenvalue weighted by Gasteiger charge is 2.17. The highest BCUT2D eigenvalue weighted by atomic mass is 35.5. The average Bonchev–Trinajstić information content (AvgIpc) is 2.77. The van der Waals surface area contributed by atoms with Crippen molar-refractivity contribution in [3.63, 3.8) is 0 Å². The van der Waals surface area contributed by atoms with Crippen LogP contribution in [0.15, 0.2) is 6.20 Å². The minimum atomic E-state index is 0. The molecular weight excluding hydrogens is 259 g/mol. The second kappa shape index (κ2) is 6.97. The van der Waals surface area contributed by atoms with Crippen molar-refractivity contribution in [1.29, 1.82) is 0 Å². The molecule has 6 heteroatoms. The standard InChI is InChI=1S/C11H20N4.2ClH/c1-8(2)15-7-10(12)11(14-15)13-9-5-3-4-6-9;;/h7-9H,3-6,12H2,1-2H3,(H,13,14);2*1H. The Bertz CT molecular complexity index is 332. The first-order valence-corrected chi connectivity index (χ1v) is 5.78. The Balaban J connectivity index is 0.00000128. The van der Waals surface area contributed by atoms with Crippen molar-refractivity contribution >= 4 is 36.3 Å². The quantitative estimate of drug-likeness (QED) is 0.894. The topological polar surface area (TPSA) is 55.9 Å². The second-order valence-corrected chi connectivity index (χ2v) is 4.63. The van der Waals surface area contributed by atoms with Crippen molar-refractivity contribution in [3.05, 3.63) is 6.20 Å². The number of nitrogens with one attached hydrogen (secondary N) is 1. The maximum atomic E-state index is 5.91. The van der Waals surface area contributed by atoms with Gasteiger partial charge in [-0.25, -0.2) is 0 Å². The minimum Gasteiger partial charge on any atom is -0.394 e. The van der Waals surface area contributed by atoms with Crippen LogP contribution >= 0.6 is 24.8 Å².